The van der Waals surface area contributed by atoms with Crippen LogP contribution in [-0.4, -0.2) is 17.8 Å². The molecule has 0 amide bonds. The first-order valence-corrected chi connectivity index (χ1v) is 8.38. The Hall–Kier alpha value is -0.540. The zero-order chi connectivity index (χ0) is 14.0. The van der Waals surface area contributed by atoms with Gasteiger partial charge in [0, 0.05) is 15.5 Å². The Morgan fingerprint density at radius 3 is 2.50 bits per heavy atom. The Bertz CT molecular complexity index is 540. The molecule has 2 unspecified atom stereocenters. The van der Waals surface area contributed by atoms with E-state index >= 15 is 0 Å². The molecule has 0 aliphatic heterocycles. The molecule has 2 nitrogen and oxygen atoms in total. The lowest BCUT2D eigenvalue weighted by atomic mass is 9.46. The average Bonchev–Trinajstić information content (AvgIpc) is 2.35. The maximum Gasteiger partial charge on any atom is 0.122 e. The Balaban J connectivity index is 1.83. The maximum atomic E-state index is 10.9. The van der Waals surface area contributed by atoms with Gasteiger partial charge in [0.15, 0.2) is 0 Å². The van der Waals surface area contributed by atoms with E-state index in [2.05, 4.69) is 28.1 Å². The van der Waals surface area contributed by atoms with Crippen molar-refractivity contribution in [2.24, 2.45) is 11.8 Å². The molecule has 108 valence electrons. The highest BCUT2D eigenvalue weighted by atomic mass is 79.9. The second-order valence-electron chi connectivity index (χ2n) is 7.31. The largest absolute Gasteiger partial charge is 0.496 e. The lowest BCUT2D eigenvalue weighted by molar-refractivity contribution is -0.137. The predicted molar refractivity (Wildman–Crippen MR) is 82.0 cm³/mol. The van der Waals surface area contributed by atoms with Crippen molar-refractivity contribution in [3.05, 3.63) is 28.2 Å². The van der Waals surface area contributed by atoms with Crippen molar-refractivity contribution in [3.63, 3.8) is 0 Å². The van der Waals surface area contributed by atoms with E-state index < -0.39 is 5.60 Å². The van der Waals surface area contributed by atoms with Gasteiger partial charge in [-0.3, -0.25) is 0 Å². The zero-order valence-corrected chi connectivity index (χ0v) is 13.4. The second kappa shape index (κ2) is 4.23. The predicted octanol–water partition coefficient (Wildman–Crippen LogP) is 4.04. The van der Waals surface area contributed by atoms with Crippen LogP contribution < -0.4 is 4.74 Å². The summed E-state index contributed by atoms with van der Waals surface area (Å²) in [6.07, 6.45) is 6.71. The van der Waals surface area contributed by atoms with E-state index in [1.54, 1.807) is 7.11 Å². The summed E-state index contributed by atoms with van der Waals surface area (Å²) in [4.78, 5) is 0. The molecule has 4 saturated carbocycles. The van der Waals surface area contributed by atoms with Crippen molar-refractivity contribution < 1.29 is 9.84 Å². The Kier molecular flexibility index (Phi) is 2.78. The van der Waals surface area contributed by atoms with Crippen LogP contribution in [0.15, 0.2) is 22.7 Å². The van der Waals surface area contributed by atoms with E-state index in [4.69, 9.17) is 4.74 Å². The quantitative estimate of drug-likeness (QED) is 0.883. The Morgan fingerprint density at radius 1 is 1.20 bits per heavy atom. The molecule has 4 aliphatic rings. The van der Waals surface area contributed by atoms with Gasteiger partial charge in [-0.25, -0.2) is 0 Å². The molecule has 4 fully saturated rings. The van der Waals surface area contributed by atoms with E-state index in [9.17, 15) is 5.11 Å². The fourth-order valence-electron chi connectivity index (χ4n) is 5.62. The van der Waals surface area contributed by atoms with Crippen molar-refractivity contribution in [3.8, 4) is 5.75 Å². The SMILES string of the molecule is COc1ccc(Br)cc1C12CC3CC(CC(O)(C3)C1)C2. The second-order valence-corrected chi connectivity index (χ2v) is 8.23. The minimum atomic E-state index is -0.419. The monoisotopic (exact) mass is 336 g/mol. The number of methoxy groups -OCH3 is 1. The molecule has 0 heterocycles. The molecule has 0 radical (unpaired) electrons. The molecule has 20 heavy (non-hydrogen) atoms. The summed E-state index contributed by atoms with van der Waals surface area (Å²) in [6.45, 7) is 0. The van der Waals surface area contributed by atoms with Crippen LogP contribution in [0.1, 0.15) is 44.1 Å². The first kappa shape index (κ1) is 13.1. The molecular weight excluding hydrogens is 316 g/mol. The zero-order valence-electron chi connectivity index (χ0n) is 11.9. The van der Waals surface area contributed by atoms with Gasteiger partial charge in [-0.1, -0.05) is 15.9 Å². The fourth-order valence-corrected chi connectivity index (χ4v) is 5.99. The fraction of sp³-hybridized carbons (Fsp3) is 0.647. The highest BCUT2D eigenvalue weighted by Gasteiger charge is 2.58. The van der Waals surface area contributed by atoms with Gasteiger partial charge in [0.25, 0.3) is 0 Å². The average molecular weight is 337 g/mol. The molecule has 0 aromatic heterocycles. The number of rotatable bonds is 2. The summed E-state index contributed by atoms with van der Waals surface area (Å²) in [5, 5.41) is 10.9. The number of halogens is 1. The minimum absolute atomic E-state index is 0.133. The standard InChI is InChI=1S/C17H21BrO2/c1-20-15-3-2-13(18)5-14(15)16-6-11-4-12(7-16)9-17(19,8-11)10-16/h2-3,5,11-12,19H,4,6-10H2,1H3. The molecule has 3 heteroatoms. The van der Waals surface area contributed by atoms with Gasteiger partial charge in [0.2, 0.25) is 0 Å². The van der Waals surface area contributed by atoms with Crippen molar-refractivity contribution >= 4 is 15.9 Å². The number of benzene rings is 1. The van der Waals surface area contributed by atoms with Crippen LogP contribution in [0, 0.1) is 11.8 Å². The number of aliphatic hydroxyl groups is 1. The van der Waals surface area contributed by atoms with Crippen molar-refractivity contribution in [1.29, 1.82) is 0 Å². The van der Waals surface area contributed by atoms with E-state index in [-0.39, 0.29) is 5.41 Å². The van der Waals surface area contributed by atoms with Crippen molar-refractivity contribution in [2.75, 3.05) is 7.11 Å². The molecular formula is C17H21BrO2. The maximum absolute atomic E-state index is 10.9. The highest BCUT2D eigenvalue weighted by molar-refractivity contribution is 9.10. The summed E-state index contributed by atoms with van der Waals surface area (Å²) < 4.78 is 6.73. The third-order valence-electron chi connectivity index (χ3n) is 5.76. The van der Waals surface area contributed by atoms with E-state index in [0.29, 0.717) is 11.8 Å². The van der Waals surface area contributed by atoms with Gasteiger partial charge >= 0.3 is 0 Å². The van der Waals surface area contributed by atoms with Crippen molar-refractivity contribution in [2.45, 2.75) is 49.5 Å². The van der Waals surface area contributed by atoms with Crippen LogP contribution in [0.2, 0.25) is 0 Å². The van der Waals surface area contributed by atoms with Gasteiger partial charge in [-0.05, 0) is 68.6 Å². The lowest BCUT2D eigenvalue weighted by Gasteiger charge is -2.60. The van der Waals surface area contributed by atoms with E-state index in [0.717, 1.165) is 29.5 Å². The molecule has 0 saturated heterocycles. The van der Waals surface area contributed by atoms with Crippen LogP contribution >= 0.6 is 15.9 Å². The van der Waals surface area contributed by atoms with Crippen LogP contribution in [-0.2, 0) is 5.41 Å². The molecule has 1 N–H and O–H groups in total. The first-order valence-electron chi connectivity index (χ1n) is 7.58. The lowest BCUT2D eigenvalue weighted by Crippen LogP contribution is -2.57. The van der Waals surface area contributed by atoms with Crippen LogP contribution in [0.3, 0.4) is 0 Å². The van der Waals surface area contributed by atoms with Crippen molar-refractivity contribution in [1.82, 2.24) is 0 Å². The molecule has 4 aliphatic carbocycles. The Labute approximate surface area is 128 Å². The molecule has 4 bridgehead atoms. The number of ether oxygens (including phenoxy) is 1. The van der Waals surface area contributed by atoms with Gasteiger partial charge in [0.05, 0.1) is 12.7 Å². The van der Waals surface area contributed by atoms with E-state index in [1.165, 1.54) is 24.8 Å². The van der Waals surface area contributed by atoms with Crippen LogP contribution in [0.5, 0.6) is 5.75 Å². The number of hydrogen-bond donors (Lipinski definition) is 1. The van der Waals surface area contributed by atoms with Gasteiger partial charge < -0.3 is 9.84 Å². The minimum Gasteiger partial charge on any atom is -0.496 e. The molecule has 5 rings (SSSR count). The third-order valence-corrected chi connectivity index (χ3v) is 6.26. The summed E-state index contributed by atoms with van der Waals surface area (Å²) in [6, 6.07) is 6.31. The Morgan fingerprint density at radius 2 is 1.90 bits per heavy atom. The molecule has 2 atom stereocenters. The topological polar surface area (TPSA) is 29.5 Å². The molecule has 1 aromatic carbocycles. The summed E-state index contributed by atoms with van der Waals surface area (Å²) in [7, 11) is 1.75. The van der Waals surface area contributed by atoms with E-state index in [1.807, 2.05) is 6.07 Å². The van der Waals surface area contributed by atoms with Gasteiger partial charge in [-0.2, -0.15) is 0 Å². The first-order chi connectivity index (χ1) is 9.52. The van der Waals surface area contributed by atoms with Crippen LogP contribution in [0.25, 0.3) is 0 Å². The summed E-state index contributed by atoms with van der Waals surface area (Å²) in [5.41, 5.74) is 1.02. The molecule has 1 aromatic rings. The third kappa shape index (κ3) is 1.86. The van der Waals surface area contributed by atoms with Gasteiger partial charge in [-0.15, -0.1) is 0 Å². The number of hydrogen-bond acceptors (Lipinski definition) is 2. The molecule has 0 spiro atoms. The highest BCUT2D eigenvalue weighted by Crippen LogP contribution is 2.63. The smallest absolute Gasteiger partial charge is 0.122 e. The summed E-state index contributed by atoms with van der Waals surface area (Å²) in [5.74, 6) is 2.38. The van der Waals surface area contributed by atoms with Gasteiger partial charge in [0.1, 0.15) is 5.75 Å². The normalized spacial score (nSPS) is 42.0. The summed E-state index contributed by atoms with van der Waals surface area (Å²) >= 11 is 3.60. The van der Waals surface area contributed by atoms with Crippen LogP contribution in [0.4, 0.5) is 0 Å².